The highest BCUT2D eigenvalue weighted by molar-refractivity contribution is 5.92. The molecule has 0 fully saturated rings. The van der Waals surface area contributed by atoms with Crippen LogP contribution in [0.4, 0.5) is 0 Å². The van der Waals surface area contributed by atoms with Crippen LogP contribution in [0.1, 0.15) is 10.4 Å². The van der Waals surface area contributed by atoms with Crippen molar-refractivity contribution in [1.29, 1.82) is 0 Å². The molecule has 3 aromatic rings. The first-order valence-electron chi connectivity index (χ1n) is 7.28. The van der Waals surface area contributed by atoms with Gasteiger partial charge in [-0.1, -0.05) is 48.5 Å². The van der Waals surface area contributed by atoms with Gasteiger partial charge in [-0.05, 0) is 35.9 Å². The van der Waals surface area contributed by atoms with Crippen molar-refractivity contribution in [2.24, 2.45) is 0 Å². The van der Waals surface area contributed by atoms with E-state index in [2.05, 4.69) is 0 Å². The zero-order valence-electron chi connectivity index (χ0n) is 12.7. The molecule has 114 valence electrons. The molecule has 0 saturated carbocycles. The second-order valence-corrected chi connectivity index (χ2v) is 4.98. The van der Waals surface area contributed by atoms with E-state index in [0.717, 1.165) is 11.1 Å². The molecule has 3 aromatic carbocycles. The molecule has 0 heterocycles. The number of carbonyl (C=O) groups is 1. The summed E-state index contributed by atoms with van der Waals surface area (Å²) in [5.41, 5.74) is 2.37. The fourth-order valence-corrected chi connectivity index (χ4v) is 2.30. The highest BCUT2D eigenvalue weighted by atomic mass is 16.5. The molecule has 0 aliphatic carbocycles. The van der Waals surface area contributed by atoms with Gasteiger partial charge in [-0.25, -0.2) is 4.79 Å². The molecule has 0 unspecified atom stereocenters. The lowest BCUT2D eigenvalue weighted by Gasteiger charge is -2.10. The number of carbonyl (C=O) groups excluding carboxylic acids is 1. The number of hydrogen-bond acceptors (Lipinski definition) is 3. The maximum atomic E-state index is 12.3. The number of esters is 1. The summed E-state index contributed by atoms with van der Waals surface area (Å²) in [6.07, 6.45) is 0. The van der Waals surface area contributed by atoms with E-state index in [0.29, 0.717) is 17.1 Å². The Kier molecular flexibility index (Phi) is 4.39. The molecule has 0 bridgehead atoms. The van der Waals surface area contributed by atoms with Crippen LogP contribution in [-0.2, 0) is 0 Å². The minimum Gasteiger partial charge on any atom is -0.497 e. The minimum absolute atomic E-state index is 0.393. The minimum atomic E-state index is -0.393. The van der Waals surface area contributed by atoms with Crippen molar-refractivity contribution in [2.45, 2.75) is 0 Å². The Morgan fingerprint density at radius 2 is 1.43 bits per heavy atom. The van der Waals surface area contributed by atoms with Gasteiger partial charge >= 0.3 is 5.97 Å². The summed E-state index contributed by atoms with van der Waals surface area (Å²) in [6, 6.07) is 24.2. The summed E-state index contributed by atoms with van der Waals surface area (Å²) in [5, 5.41) is 0. The average Bonchev–Trinajstić information content (AvgIpc) is 2.63. The zero-order chi connectivity index (χ0) is 16.1. The largest absolute Gasteiger partial charge is 0.497 e. The molecular weight excluding hydrogens is 288 g/mol. The molecule has 0 saturated heterocycles. The van der Waals surface area contributed by atoms with Crippen molar-refractivity contribution in [3.8, 4) is 22.6 Å². The Hall–Kier alpha value is -3.07. The van der Waals surface area contributed by atoms with Crippen molar-refractivity contribution in [2.75, 3.05) is 7.11 Å². The van der Waals surface area contributed by atoms with E-state index >= 15 is 0 Å². The van der Waals surface area contributed by atoms with Crippen LogP contribution in [0.5, 0.6) is 11.5 Å². The van der Waals surface area contributed by atoms with Gasteiger partial charge in [0.1, 0.15) is 11.5 Å². The van der Waals surface area contributed by atoms with Crippen molar-refractivity contribution >= 4 is 5.97 Å². The summed E-state index contributed by atoms with van der Waals surface area (Å²) in [5.74, 6) is 0.849. The summed E-state index contributed by atoms with van der Waals surface area (Å²) < 4.78 is 10.7. The van der Waals surface area contributed by atoms with Crippen molar-refractivity contribution in [3.63, 3.8) is 0 Å². The number of benzene rings is 3. The summed E-state index contributed by atoms with van der Waals surface area (Å²) in [7, 11) is 1.59. The van der Waals surface area contributed by atoms with Gasteiger partial charge in [0.15, 0.2) is 0 Å². The topological polar surface area (TPSA) is 35.5 Å². The smallest absolute Gasteiger partial charge is 0.343 e. The van der Waals surface area contributed by atoms with Crippen LogP contribution in [0, 0.1) is 0 Å². The molecule has 3 nitrogen and oxygen atoms in total. The molecule has 0 spiro atoms. The van der Waals surface area contributed by atoms with Gasteiger partial charge in [0.25, 0.3) is 0 Å². The van der Waals surface area contributed by atoms with E-state index in [-0.39, 0.29) is 0 Å². The molecule has 3 rings (SSSR count). The molecule has 0 atom stereocenters. The van der Waals surface area contributed by atoms with Gasteiger partial charge in [0.05, 0.1) is 12.7 Å². The molecule has 0 aliphatic heterocycles. The second kappa shape index (κ2) is 6.79. The number of rotatable bonds is 4. The lowest BCUT2D eigenvalue weighted by molar-refractivity contribution is 0.0735. The van der Waals surface area contributed by atoms with Gasteiger partial charge in [0, 0.05) is 5.56 Å². The fourth-order valence-electron chi connectivity index (χ4n) is 2.30. The Morgan fingerprint density at radius 1 is 0.783 bits per heavy atom. The van der Waals surface area contributed by atoms with Crippen LogP contribution in [0.25, 0.3) is 11.1 Å². The fraction of sp³-hybridized carbons (Fsp3) is 0.0500. The maximum absolute atomic E-state index is 12.3. The first-order chi connectivity index (χ1) is 11.3. The lowest BCUT2D eigenvalue weighted by atomic mass is 10.0. The molecule has 23 heavy (non-hydrogen) atoms. The highest BCUT2D eigenvalue weighted by Gasteiger charge is 2.12. The molecule has 0 radical (unpaired) electrons. The summed E-state index contributed by atoms with van der Waals surface area (Å²) in [6.45, 7) is 0. The Balaban J connectivity index is 1.86. The molecule has 0 aliphatic rings. The van der Waals surface area contributed by atoms with E-state index in [1.54, 1.807) is 37.4 Å². The molecule has 0 N–H and O–H groups in total. The van der Waals surface area contributed by atoms with Gasteiger partial charge in [0.2, 0.25) is 0 Å². The molecule has 0 aromatic heterocycles. The third-order valence-corrected chi connectivity index (χ3v) is 3.50. The zero-order valence-corrected chi connectivity index (χ0v) is 12.7. The summed E-state index contributed by atoms with van der Waals surface area (Å²) in [4.78, 5) is 12.3. The van der Waals surface area contributed by atoms with Gasteiger partial charge < -0.3 is 9.47 Å². The quantitative estimate of drug-likeness (QED) is 0.523. The van der Waals surface area contributed by atoms with Crippen molar-refractivity contribution < 1.29 is 14.3 Å². The average molecular weight is 304 g/mol. The Morgan fingerprint density at radius 3 is 2.13 bits per heavy atom. The lowest BCUT2D eigenvalue weighted by Crippen LogP contribution is -2.09. The second-order valence-electron chi connectivity index (χ2n) is 4.98. The van der Waals surface area contributed by atoms with Crippen LogP contribution in [-0.4, -0.2) is 13.1 Å². The SMILES string of the molecule is COc1ccc(C(=O)Oc2ccccc2-c2ccccc2)cc1. The van der Waals surface area contributed by atoms with Crippen molar-refractivity contribution in [3.05, 3.63) is 84.4 Å². The monoisotopic (exact) mass is 304 g/mol. The van der Waals surface area contributed by atoms with Crippen LogP contribution in [0.15, 0.2) is 78.9 Å². The number of para-hydroxylation sites is 1. The van der Waals surface area contributed by atoms with E-state index in [9.17, 15) is 4.79 Å². The number of ether oxygens (including phenoxy) is 2. The standard InChI is InChI=1S/C20H16O3/c1-22-17-13-11-16(12-14-17)20(21)23-19-10-6-5-9-18(19)15-7-3-2-4-8-15/h2-14H,1H3. The predicted molar refractivity (Wildman–Crippen MR) is 89.8 cm³/mol. The normalized spacial score (nSPS) is 10.1. The van der Waals surface area contributed by atoms with Gasteiger partial charge in [-0.2, -0.15) is 0 Å². The van der Waals surface area contributed by atoms with Crippen LogP contribution in [0.3, 0.4) is 0 Å². The number of methoxy groups -OCH3 is 1. The Labute approximate surface area is 135 Å². The van der Waals surface area contributed by atoms with Crippen LogP contribution >= 0.6 is 0 Å². The summed E-state index contributed by atoms with van der Waals surface area (Å²) >= 11 is 0. The van der Waals surface area contributed by atoms with Crippen molar-refractivity contribution in [1.82, 2.24) is 0 Å². The van der Waals surface area contributed by atoms with E-state index in [1.165, 1.54) is 0 Å². The first-order valence-corrected chi connectivity index (χ1v) is 7.28. The Bertz CT molecular complexity index is 793. The maximum Gasteiger partial charge on any atom is 0.343 e. The third-order valence-electron chi connectivity index (χ3n) is 3.50. The molecular formula is C20H16O3. The van der Waals surface area contributed by atoms with Crippen LogP contribution < -0.4 is 9.47 Å². The van der Waals surface area contributed by atoms with E-state index in [4.69, 9.17) is 9.47 Å². The predicted octanol–water partition coefficient (Wildman–Crippen LogP) is 4.58. The molecule has 3 heteroatoms. The van der Waals surface area contributed by atoms with E-state index in [1.807, 2.05) is 48.5 Å². The highest BCUT2D eigenvalue weighted by Crippen LogP contribution is 2.30. The van der Waals surface area contributed by atoms with Gasteiger partial charge in [-0.15, -0.1) is 0 Å². The first kappa shape index (κ1) is 14.9. The van der Waals surface area contributed by atoms with E-state index < -0.39 is 5.97 Å². The van der Waals surface area contributed by atoms with Crippen LogP contribution in [0.2, 0.25) is 0 Å². The number of hydrogen-bond donors (Lipinski definition) is 0. The third kappa shape index (κ3) is 3.40. The van der Waals surface area contributed by atoms with Gasteiger partial charge in [-0.3, -0.25) is 0 Å². The molecule has 0 amide bonds.